The van der Waals surface area contributed by atoms with E-state index < -0.39 is 0 Å². The van der Waals surface area contributed by atoms with Crippen molar-refractivity contribution in [3.8, 4) is 5.75 Å². The lowest BCUT2D eigenvalue weighted by atomic mass is 9.76. The maximum Gasteiger partial charge on any atom is 0.118 e. The molecule has 2 aromatic carbocycles. The van der Waals surface area contributed by atoms with Gasteiger partial charge >= 0.3 is 0 Å². The molecule has 0 saturated heterocycles. The number of halogens is 1. The van der Waals surface area contributed by atoms with E-state index in [0.717, 1.165) is 29.3 Å². The number of hydrogen-bond donors (Lipinski definition) is 1. The van der Waals surface area contributed by atoms with Gasteiger partial charge in [0.05, 0.1) is 17.8 Å². The summed E-state index contributed by atoms with van der Waals surface area (Å²) in [7, 11) is 1.70. The lowest BCUT2D eigenvalue weighted by Crippen LogP contribution is -2.34. The van der Waals surface area contributed by atoms with Crippen LogP contribution in [-0.4, -0.2) is 13.2 Å². The fraction of sp³-hybridized carbons (Fsp3) is 0.294. The molecule has 3 heteroatoms. The highest BCUT2D eigenvalue weighted by Crippen LogP contribution is 2.39. The molecule has 2 aromatic rings. The van der Waals surface area contributed by atoms with Crippen LogP contribution in [0.2, 0.25) is 5.02 Å². The largest absolute Gasteiger partial charge is 0.497 e. The van der Waals surface area contributed by atoms with E-state index in [4.69, 9.17) is 16.3 Å². The minimum atomic E-state index is 0.516. The summed E-state index contributed by atoms with van der Waals surface area (Å²) < 4.78 is 5.19. The van der Waals surface area contributed by atoms with Crippen molar-refractivity contribution in [3.63, 3.8) is 0 Å². The van der Waals surface area contributed by atoms with Crippen molar-refractivity contribution in [2.75, 3.05) is 12.4 Å². The number of hydrogen-bond acceptors (Lipinski definition) is 2. The van der Waals surface area contributed by atoms with Crippen LogP contribution in [0.3, 0.4) is 0 Å². The van der Waals surface area contributed by atoms with Gasteiger partial charge < -0.3 is 10.1 Å². The van der Waals surface area contributed by atoms with Gasteiger partial charge in [-0.1, -0.05) is 35.9 Å². The standard InChI is InChI=1S/C17H18ClNO/c1-20-15-8-6-12(7-9-15)13-10-14(11-13)19-17-5-3-2-4-16(17)18/h2-9,13-14,19H,10-11H2,1H3. The predicted octanol–water partition coefficient (Wildman–Crippen LogP) is 4.71. The molecule has 0 atom stereocenters. The SMILES string of the molecule is COc1ccc(C2CC(Nc3ccccc3Cl)C2)cc1. The van der Waals surface area contributed by atoms with Crippen LogP contribution in [0.4, 0.5) is 5.69 Å². The van der Waals surface area contributed by atoms with Gasteiger partial charge in [0.25, 0.3) is 0 Å². The molecular weight excluding hydrogens is 270 g/mol. The van der Waals surface area contributed by atoms with Gasteiger partial charge in [-0.05, 0) is 48.6 Å². The molecule has 2 nitrogen and oxygen atoms in total. The minimum absolute atomic E-state index is 0.516. The normalized spacial score (nSPS) is 21.1. The number of ether oxygens (including phenoxy) is 1. The Morgan fingerprint density at radius 3 is 2.40 bits per heavy atom. The van der Waals surface area contributed by atoms with Crippen molar-refractivity contribution in [1.29, 1.82) is 0 Å². The molecule has 1 aliphatic carbocycles. The zero-order chi connectivity index (χ0) is 13.9. The lowest BCUT2D eigenvalue weighted by molar-refractivity contribution is 0.373. The van der Waals surface area contributed by atoms with E-state index >= 15 is 0 Å². The zero-order valence-electron chi connectivity index (χ0n) is 11.5. The fourth-order valence-electron chi connectivity index (χ4n) is 2.68. The van der Waals surface area contributed by atoms with Crippen LogP contribution in [0.25, 0.3) is 0 Å². The van der Waals surface area contributed by atoms with Gasteiger partial charge in [0.2, 0.25) is 0 Å². The summed E-state index contributed by atoms with van der Waals surface area (Å²) in [4.78, 5) is 0. The Balaban J connectivity index is 1.57. The number of benzene rings is 2. The third-order valence-electron chi connectivity index (χ3n) is 3.96. The summed E-state index contributed by atoms with van der Waals surface area (Å²) >= 11 is 6.16. The highest BCUT2D eigenvalue weighted by atomic mass is 35.5. The molecule has 0 bridgehead atoms. The van der Waals surface area contributed by atoms with Gasteiger partial charge in [0.1, 0.15) is 5.75 Å². The van der Waals surface area contributed by atoms with Crippen LogP contribution in [0.15, 0.2) is 48.5 Å². The molecule has 0 amide bonds. The Morgan fingerprint density at radius 1 is 1.05 bits per heavy atom. The number of methoxy groups -OCH3 is 1. The molecule has 1 aliphatic rings. The van der Waals surface area contributed by atoms with Crippen molar-refractivity contribution in [2.24, 2.45) is 0 Å². The summed E-state index contributed by atoms with van der Waals surface area (Å²) in [5, 5.41) is 4.30. The molecule has 0 heterocycles. The highest BCUT2D eigenvalue weighted by Gasteiger charge is 2.30. The summed E-state index contributed by atoms with van der Waals surface area (Å²) in [5.74, 6) is 1.56. The van der Waals surface area contributed by atoms with Crippen molar-refractivity contribution in [3.05, 3.63) is 59.1 Å². The molecule has 0 radical (unpaired) electrons. The molecule has 1 N–H and O–H groups in total. The van der Waals surface area contributed by atoms with E-state index in [0.29, 0.717) is 12.0 Å². The molecule has 1 fully saturated rings. The Morgan fingerprint density at radius 2 is 1.75 bits per heavy atom. The van der Waals surface area contributed by atoms with Gasteiger partial charge in [0.15, 0.2) is 0 Å². The Hall–Kier alpha value is -1.67. The van der Waals surface area contributed by atoms with Crippen LogP contribution in [0, 0.1) is 0 Å². The van der Waals surface area contributed by atoms with E-state index in [2.05, 4.69) is 17.4 Å². The molecule has 0 unspecified atom stereocenters. The van der Waals surface area contributed by atoms with Crippen molar-refractivity contribution in [2.45, 2.75) is 24.8 Å². The number of anilines is 1. The highest BCUT2D eigenvalue weighted by molar-refractivity contribution is 6.33. The number of para-hydroxylation sites is 1. The second-order valence-electron chi connectivity index (χ2n) is 5.26. The van der Waals surface area contributed by atoms with Crippen molar-refractivity contribution in [1.82, 2.24) is 0 Å². The minimum Gasteiger partial charge on any atom is -0.497 e. The summed E-state index contributed by atoms with van der Waals surface area (Å²) in [6.07, 6.45) is 2.30. The molecule has 20 heavy (non-hydrogen) atoms. The Labute approximate surface area is 124 Å². The van der Waals surface area contributed by atoms with Crippen LogP contribution < -0.4 is 10.1 Å². The number of rotatable bonds is 4. The molecule has 0 aromatic heterocycles. The van der Waals surface area contributed by atoms with E-state index in [9.17, 15) is 0 Å². The smallest absolute Gasteiger partial charge is 0.118 e. The first-order chi connectivity index (χ1) is 9.76. The zero-order valence-corrected chi connectivity index (χ0v) is 12.2. The van der Waals surface area contributed by atoms with Crippen LogP contribution in [-0.2, 0) is 0 Å². The van der Waals surface area contributed by atoms with Gasteiger partial charge in [-0.2, -0.15) is 0 Å². The number of nitrogens with one attached hydrogen (secondary N) is 1. The maximum atomic E-state index is 6.16. The van der Waals surface area contributed by atoms with Gasteiger partial charge in [-0.3, -0.25) is 0 Å². The van der Waals surface area contributed by atoms with Gasteiger partial charge in [0, 0.05) is 6.04 Å². The predicted molar refractivity (Wildman–Crippen MR) is 83.8 cm³/mol. The second-order valence-corrected chi connectivity index (χ2v) is 5.67. The van der Waals surface area contributed by atoms with E-state index in [1.807, 2.05) is 36.4 Å². The third kappa shape index (κ3) is 2.75. The summed E-state index contributed by atoms with van der Waals surface area (Å²) in [6, 6.07) is 16.8. The van der Waals surface area contributed by atoms with Crippen molar-refractivity contribution >= 4 is 17.3 Å². The topological polar surface area (TPSA) is 21.3 Å². The first-order valence-corrected chi connectivity index (χ1v) is 7.29. The summed E-state index contributed by atoms with van der Waals surface area (Å²) in [6.45, 7) is 0. The van der Waals surface area contributed by atoms with Crippen LogP contribution in [0.1, 0.15) is 24.3 Å². The Kier molecular flexibility index (Phi) is 3.83. The molecular formula is C17H18ClNO. The maximum absolute atomic E-state index is 6.16. The molecule has 1 saturated carbocycles. The van der Waals surface area contributed by atoms with Crippen molar-refractivity contribution < 1.29 is 4.74 Å². The Bertz CT molecular complexity index is 576. The average Bonchev–Trinajstić information content (AvgIpc) is 2.44. The first kappa shape index (κ1) is 13.3. The molecule has 0 spiro atoms. The van der Waals surface area contributed by atoms with E-state index in [1.165, 1.54) is 5.56 Å². The van der Waals surface area contributed by atoms with Gasteiger partial charge in [-0.15, -0.1) is 0 Å². The average molecular weight is 288 g/mol. The first-order valence-electron chi connectivity index (χ1n) is 6.91. The fourth-order valence-corrected chi connectivity index (χ4v) is 2.87. The molecule has 104 valence electrons. The monoisotopic (exact) mass is 287 g/mol. The summed E-state index contributed by atoms with van der Waals surface area (Å²) in [5.41, 5.74) is 2.43. The second kappa shape index (κ2) is 5.76. The lowest BCUT2D eigenvalue weighted by Gasteiger charge is -2.37. The van der Waals surface area contributed by atoms with Gasteiger partial charge in [-0.25, -0.2) is 0 Å². The third-order valence-corrected chi connectivity index (χ3v) is 4.29. The molecule has 0 aliphatic heterocycles. The van der Waals surface area contributed by atoms with E-state index in [1.54, 1.807) is 7.11 Å². The van der Waals surface area contributed by atoms with Crippen LogP contribution >= 0.6 is 11.6 Å². The van der Waals surface area contributed by atoms with E-state index in [-0.39, 0.29) is 0 Å². The van der Waals surface area contributed by atoms with Crippen LogP contribution in [0.5, 0.6) is 5.75 Å². The molecule has 3 rings (SSSR count). The quantitative estimate of drug-likeness (QED) is 0.879.